The maximum Gasteiger partial charge on any atom is 0.194 e. The van der Waals surface area contributed by atoms with Gasteiger partial charge in [0.25, 0.3) is 0 Å². The average molecular weight is 476 g/mol. The van der Waals surface area contributed by atoms with Gasteiger partial charge in [0.15, 0.2) is 11.8 Å². The van der Waals surface area contributed by atoms with Crippen molar-refractivity contribution in [3.05, 3.63) is 41.7 Å². The third-order valence-electron chi connectivity index (χ3n) is 3.76. The number of nitrogens with one attached hydrogen (secondary N) is 1. The van der Waals surface area contributed by atoms with Crippen LogP contribution in [0, 0.1) is 12.7 Å². The number of ether oxygens (including phenoxy) is 1. The quantitative estimate of drug-likeness (QED) is 0.378. The standard InChI is InChI=1S/C17H25FN6O.HI/c1-5-19-17(20-12-16-22-21-13(2)24(16)4)23(3)10-11-25-15-8-6-14(18)7-9-15;/h6-9H,5,10-12H2,1-4H3,(H,19,20);1H. The van der Waals surface area contributed by atoms with Crippen molar-refractivity contribution in [3.8, 4) is 5.75 Å². The van der Waals surface area contributed by atoms with Crippen molar-refractivity contribution in [2.45, 2.75) is 20.4 Å². The number of hydrogen-bond donors (Lipinski definition) is 1. The lowest BCUT2D eigenvalue weighted by atomic mass is 10.3. The van der Waals surface area contributed by atoms with E-state index in [-0.39, 0.29) is 29.8 Å². The second-order valence-electron chi connectivity index (χ2n) is 5.62. The fourth-order valence-electron chi connectivity index (χ4n) is 2.14. The molecule has 1 aromatic heterocycles. The fourth-order valence-corrected chi connectivity index (χ4v) is 2.14. The number of aliphatic imine (C=N–C) groups is 1. The first-order valence-corrected chi connectivity index (χ1v) is 8.24. The van der Waals surface area contributed by atoms with E-state index < -0.39 is 0 Å². The highest BCUT2D eigenvalue weighted by atomic mass is 127. The molecule has 0 radical (unpaired) electrons. The molecule has 0 bridgehead atoms. The molecule has 144 valence electrons. The molecular weight excluding hydrogens is 450 g/mol. The Labute approximate surface area is 170 Å². The summed E-state index contributed by atoms with van der Waals surface area (Å²) in [7, 11) is 3.87. The van der Waals surface area contributed by atoms with Gasteiger partial charge in [0.1, 0.15) is 30.5 Å². The van der Waals surface area contributed by atoms with Gasteiger partial charge in [-0.15, -0.1) is 34.2 Å². The van der Waals surface area contributed by atoms with Crippen molar-refractivity contribution in [2.75, 3.05) is 26.7 Å². The monoisotopic (exact) mass is 476 g/mol. The van der Waals surface area contributed by atoms with Crippen LogP contribution < -0.4 is 10.1 Å². The summed E-state index contributed by atoms with van der Waals surface area (Å²) in [6.07, 6.45) is 0. The summed E-state index contributed by atoms with van der Waals surface area (Å²) in [5.41, 5.74) is 0. The number of likely N-dealkylation sites (N-methyl/N-ethyl adjacent to an activating group) is 1. The number of guanidine groups is 1. The molecule has 1 N–H and O–H groups in total. The van der Waals surface area contributed by atoms with Crippen LogP contribution in [0.4, 0.5) is 4.39 Å². The first-order chi connectivity index (χ1) is 12.0. The van der Waals surface area contributed by atoms with Crippen molar-refractivity contribution in [1.82, 2.24) is 25.0 Å². The molecule has 0 atom stereocenters. The summed E-state index contributed by atoms with van der Waals surface area (Å²) in [6.45, 7) is 6.24. The lowest BCUT2D eigenvalue weighted by molar-refractivity contribution is 0.281. The van der Waals surface area contributed by atoms with E-state index in [0.29, 0.717) is 25.4 Å². The molecule has 1 heterocycles. The molecule has 2 aromatic rings. The molecule has 0 saturated carbocycles. The molecule has 0 aliphatic carbocycles. The van der Waals surface area contributed by atoms with Crippen molar-refractivity contribution in [3.63, 3.8) is 0 Å². The smallest absolute Gasteiger partial charge is 0.194 e. The Morgan fingerprint density at radius 3 is 2.58 bits per heavy atom. The molecule has 0 unspecified atom stereocenters. The molecule has 0 amide bonds. The Bertz CT molecular complexity index is 704. The van der Waals surface area contributed by atoms with Crippen LogP contribution in [-0.4, -0.2) is 52.4 Å². The number of benzene rings is 1. The van der Waals surface area contributed by atoms with Gasteiger partial charge >= 0.3 is 0 Å². The van der Waals surface area contributed by atoms with Gasteiger partial charge in [-0.1, -0.05) is 0 Å². The summed E-state index contributed by atoms with van der Waals surface area (Å²) in [5, 5.41) is 11.4. The van der Waals surface area contributed by atoms with Gasteiger partial charge in [-0.25, -0.2) is 9.38 Å². The van der Waals surface area contributed by atoms with E-state index in [4.69, 9.17) is 4.74 Å². The average Bonchev–Trinajstić information content (AvgIpc) is 2.92. The van der Waals surface area contributed by atoms with E-state index in [2.05, 4.69) is 20.5 Å². The van der Waals surface area contributed by atoms with E-state index in [9.17, 15) is 4.39 Å². The first kappa shape index (κ1) is 22.1. The lowest BCUT2D eigenvalue weighted by Gasteiger charge is -2.22. The minimum atomic E-state index is -0.273. The topological polar surface area (TPSA) is 67.6 Å². The van der Waals surface area contributed by atoms with Crippen LogP contribution in [0.25, 0.3) is 0 Å². The zero-order chi connectivity index (χ0) is 18.2. The molecule has 0 aliphatic heterocycles. The number of rotatable bonds is 7. The van der Waals surface area contributed by atoms with Gasteiger partial charge < -0.3 is 19.5 Å². The Balaban J connectivity index is 0.00000338. The summed E-state index contributed by atoms with van der Waals surface area (Å²) in [5.74, 6) is 2.81. The van der Waals surface area contributed by atoms with Gasteiger partial charge in [-0.3, -0.25) is 0 Å². The van der Waals surface area contributed by atoms with Crippen LogP contribution >= 0.6 is 24.0 Å². The van der Waals surface area contributed by atoms with Crippen molar-refractivity contribution in [2.24, 2.45) is 12.0 Å². The minimum Gasteiger partial charge on any atom is -0.492 e. The predicted molar refractivity (Wildman–Crippen MR) is 110 cm³/mol. The largest absolute Gasteiger partial charge is 0.492 e. The Kier molecular flexibility index (Phi) is 9.31. The number of hydrogen-bond acceptors (Lipinski definition) is 4. The predicted octanol–water partition coefficient (Wildman–Crippen LogP) is 2.36. The zero-order valence-corrected chi connectivity index (χ0v) is 17.9. The van der Waals surface area contributed by atoms with Crippen LogP contribution in [-0.2, 0) is 13.6 Å². The molecule has 26 heavy (non-hydrogen) atoms. The van der Waals surface area contributed by atoms with Crippen LogP contribution in [0.1, 0.15) is 18.6 Å². The van der Waals surface area contributed by atoms with Crippen LogP contribution in [0.5, 0.6) is 5.75 Å². The number of aryl methyl sites for hydroxylation is 1. The summed E-state index contributed by atoms with van der Waals surface area (Å²) >= 11 is 0. The van der Waals surface area contributed by atoms with E-state index in [1.54, 1.807) is 12.1 Å². The third kappa shape index (κ3) is 6.43. The molecule has 0 fully saturated rings. The molecular formula is C17H26FIN6O. The van der Waals surface area contributed by atoms with Crippen molar-refractivity contribution in [1.29, 1.82) is 0 Å². The van der Waals surface area contributed by atoms with Crippen molar-refractivity contribution >= 4 is 29.9 Å². The second-order valence-corrected chi connectivity index (χ2v) is 5.62. The molecule has 2 rings (SSSR count). The van der Waals surface area contributed by atoms with E-state index >= 15 is 0 Å². The van der Waals surface area contributed by atoms with Gasteiger partial charge in [0.05, 0.1) is 6.54 Å². The number of aromatic nitrogens is 3. The number of nitrogens with zero attached hydrogens (tertiary/aromatic N) is 5. The minimum absolute atomic E-state index is 0. The Morgan fingerprint density at radius 1 is 1.31 bits per heavy atom. The zero-order valence-electron chi connectivity index (χ0n) is 15.6. The van der Waals surface area contributed by atoms with Gasteiger partial charge in [0, 0.05) is 20.6 Å². The molecule has 1 aromatic carbocycles. The van der Waals surface area contributed by atoms with Crippen LogP contribution in [0.15, 0.2) is 29.3 Å². The maximum atomic E-state index is 12.9. The SMILES string of the molecule is CCNC(=NCc1nnc(C)n1C)N(C)CCOc1ccc(F)cc1.I. The van der Waals surface area contributed by atoms with Crippen molar-refractivity contribution < 1.29 is 9.13 Å². The maximum absolute atomic E-state index is 12.9. The molecule has 9 heteroatoms. The summed E-state index contributed by atoms with van der Waals surface area (Å²) in [6, 6.07) is 6.00. The van der Waals surface area contributed by atoms with Crippen LogP contribution in [0.2, 0.25) is 0 Å². The lowest BCUT2D eigenvalue weighted by Crippen LogP contribution is -2.40. The highest BCUT2D eigenvalue weighted by molar-refractivity contribution is 14.0. The molecule has 0 saturated heterocycles. The summed E-state index contributed by atoms with van der Waals surface area (Å²) < 4.78 is 20.4. The number of halogens is 2. The highest BCUT2D eigenvalue weighted by Gasteiger charge is 2.08. The molecule has 7 nitrogen and oxygen atoms in total. The van der Waals surface area contributed by atoms with E-state index in [1.807, 2.05) is 37.4 Å². The van der Waals surface area contributed by atoms with Crippen LogP contribution in [0.3, 0.4) is 0 Å². The van der Waals surface area contributed by atoms with Gasteiger partial charge in [-0.05, 0) is 38.1 Å². The molecule has 0 aliphatic rings. The van der Waals surface area contributed by atoms with E-state index in [1.165, 1.54) is 12.1 Å². The van der Waals surface area contributed by atoms with Gasteiger partial charge in [0.2, 0.25) is 0 Å². The normalized spacial score (nSPS) is 11.0. The highest BCUT2D eigenvalue weighted by Crippen LogP contribution is 2.10. The fraction of sp³-hybridized carbons (Fsp3) is 0.471. The van der Waals surface area contributed by atoms with E-state index in [0.717, 1.165) is 24.2 Å². The Morgan fingerprint density at radius 2 is 2.00 bits per heavy atom. The second kappa shape index (κ2) is 10.9. The Hall–Kier alpha value is -1.91. The first-order valence-electron chi connectivity index (χ1n) is 8.24. The molecule has 0 spiro atoms. The third-order valence-corrected chi connectivity index (χ3v) is 3.76. The summed E-state index contributed by atoms with van der Waals surface area (Å²) in [4.78, 5) is 6.58. The van der Waals surface area contributed by atoms with Gasteiger partial charge in [-0.2, -0.15) is 0 Å².